The predicted octanol–water partition coefficient (Wildman–Crippen LogP) is 3.15. The number of carbonyl (C=O) groups is 2. The molecule has 0 radical (unpaired) electrons. The van der Waals surface area contributed by atoms with E-state index in [4.69, 9.17) is 0 Å². The Kier molecular flexibility index (Phi) is 4.88. The molecule has 2 aromatic rings. The molecule has 0 saturated carbocycles. The van der Waals surface area contributed by atoms with Crippen molar-refractivity contribution in [1.82, 2.24) is 10.2 Å². The van der Waals surface area contributed by atoms with Gasteiger partial charge in [0, 0.05) is 12.6 Å². The van der Waals surface area contributed by atoms with E-state index in [0.29, 0.717) is 13.0 Å². The molecule has 3 rings (SSSR count). The van der Waals surface area contributed by atoms with Crippen LogP contribution in [0.25, 0.3) is 0 Å². The maximum absolute atomic E-state index is 13.0. The summed E-state index contributed by atoms with van der Waals surface area (Å²) in [6.07, 6.45) is 0.357. The van der Waals surface area contributed by atoms with E-state index in [1.165, 1.54) is 0 Å². The predicted molar refractivity (Wildman–Crippen MR) is 97.9 cm³/mol. The standard InChI is InChI=1S/C21H24N2O2/c1-14(2)23-19(24)12-16-9-6-7-11-18(16)20(23)21(25)22-13-17-10-5-4-8-15(17)3/h4-11,14,20H,12-13H2,1-3H3,(H,22,25)/t20-/m1/s1. The molecule has 2 amide bonds. The van der Waals surface area contributed by atoms with Gasteiger partial charge in [-0.25, -0.2) is 0 Å². The Hall–Kier alpha value is -2.62. The van der Waals surface area contributed by atoms with E-state index in [-0.39, 0.29) is 17.9 Å². The number of hydrogen-bond acceptors (Lipinski definition) is 2. The Morgan fingerprint density at radius 3 is 2.56 bits per heavy atom. The molecule has 25 heavy (non-hydrogen) atoms. The van der Waals surface area contributed by atoms with E-state index >= 15 is 0 Å². The average molecular weight is 336 g/mol. The van der Waals surface area contributed by atoms with Crippen molar-refractivity contribution in [1.29, 1.82) is 0 Å². The molecular formula is C21H24N2O2. The van der Waals surface area contributed by atoms with Crippen LogP contribution in [-0.2, 0) is 22.6 Å². The van der Waals surface area contributed by atoms with Crippen LogP contribution in [0.4, 0.5) is 0 Å². The fraction of sp³-hybridized carbons (Fsp3) is 0.333. The maximum Gasteiger partial charge on any atom is 0.247 e. The summed E-state index contributed by atoms with van der Waals surface area (Å²) in [5.74, 6) is -0.123. The lowest BCUT2D eigenvalue weighted by Crippen LogP contribution is -2.50. The number of rotatable bonds is 4. The molecule has 0 fully saturated rings. The van der Waals surface area contributed by atoms with E-state index in [1.54, 1.807) is 4.90 Å². The molecular weight excluding hydrogens is 312 g/mol. The lowest BCUT2D eigenvalue weighted by atomic mass is 9.90. The van der Waals surface area contributed by atoms with Crippen molar-refractivity contribution < 1.29 is 9.59 Å². The van der Waals surface area contributed by atoms with Crippen molar-refractivity contribution in [2.75, 3.05) is 0 Å². The van der Waals surface area contributed by atoms with E-state index in [9.17, 15) is 9.59 Å². The largest absolute Gasteiger partial charge is 0.350 e. The fourth-order valence-corrected chi connectivity index (χ4v) is 3.45. The summed E-state index contributed by atoms with van der Waals surface area (Å²) in [5, 5.41) is 3.02. The summed E-state index contributed by atoms with van der Waals surface area (Å²) in [4.78, 5) is 27.3. The van der Waals surface area contributed by atoms with Gasteiger partial charge in [-0.05, 0) is 43.0 Å². The van der Waals surface area contributed by atoms with Crippen molar-refractivity contribution in [2.24, 2.45) is 0 Å². The summed E-state index contributed by atoms with van der Waals surface area (Å²) < 4.78 is 0. The van der Waals surface area contributed by atoms with Crippen LogP contribution in [0.1, 0.15) is 42.1 Å². The van der Waals surface area contributed by atoms with Gasteiger partial charge in [0.1, 0.15) is 6.04 Å². The monoisotopic (exact) mass is 336 g/mol. The highest BCUT2D eigenvalue weighted by Crippen LogP contribution is 2.32. The molecule has 0 unspecified atom stereocenters. The summed E-state index contributed by atoms with van der Waals surface area (Å²) >= 11 is 0. The SMILES string of the molecule is Cc1ccccc1CNC(=O)[C@H]1c2ccccc2CC(=O)N1C(C)C. The van der Waals surface area contributed by atoms with E-state index in [1.807, 2.05) is 69.3 Å². The van der Waals surface area contributed by atoms with Gasteiger partial charge >= 0.3 is 0 Å². The normalized spacial score (nSPS) is 16.7. The first kappa shape index (κ1) is 17.2. The van der Waals surface area contributed by atoms with Crippen LogP contribution in [0.15, 0.2) is 48.5 Å². The van der Waals surface area contributed by atoms with Crippen molar-refractivity contribution in [3.05, 3.63) is 70.8 Å². The third-order valence-corrected chi connectivity index (χ3v) is 4.78. The van der Waals surface area contributed by atoms with Crippen molar-refractivity contribution in [3.63, 3.8) is 0 Å². The average Bonchev–Trinajstić information content (AvgIpc) is 2.59. The van der Waals surface area contributed by atoms with Crippen molar-refractivity contribution in [3.8, 4) is 0 Å². The number of benzene rings is 2. The molecule has 4 nitrogen and oxygen atoms in total. The molecule has 1 atom stereocenters. The Balaban J connectivity index is 1.88. The van der Waals surface area contributed by atoms with Crippen LogP contribution < -0.4 is 5.32 Å². The first-order valence-electron chi connectivity index (χ1n) is 8.70. The van der Waals surface area contributed by atoms with Gasteiger partial charge in [-0.2, -0.15) is 0 Å². The summed E-state index contributed by atoms with van der Waals surface area (Å²) in [7, 11) is 0. The van der Waals surface area contributed by atoms with E-state index in [2.05, 4.69) is 5.32 Å². The zero-order chi connectivity index (χ0) is 18.0. The van der Waals surface area contributed by atoms with E-state index in [0.717, 1.165) is 22.3 Å². The zero-order valence-electron chi connectivity index (χ0n) is 15.0. The molecule has 0 aromatic heterocycles. The van der Waals surface area contributed by atoms with Crippen LogP contribution in [-0.4, -0.2) is 22.8 Å². The number of hydrogen-bond donors (Lipinski definition) is 1. The molecule has 130 valence electrons. The number of nitrogens with zero attached hydrogens (tertiary/aromatic N) is 1. The number of carbonyl (C=O) groups excluding carboxylic acids is 2. The van der Waals surface area contributed by atoms with Crippen LogP contribution >= 0.6 is 0 Å². The fourth-order valence-electron chi connectivity index (χ4n) is 3.45. The molecule has 1 N–H and O–H groups in total. The van der Waals surface area contributed by atoms with Gasteiger partial charge in [0.2, 0.25) is 11.8 Å². The van der Waals surface area contributed by atoms with Crippen LogP contribution in [0.5, 0.6) is 0 Å². The topological polar surface area (TPSA) is 49.4 Å². The summed E-state index contributed by atoms with van der Waals surface area (Å²) in [5.41, 5.74) is 4.10. The highest BCUT2D eigenvalue weighted by Gasteiger charge is 2.38. The number of amides is 2. The third-order valence-electron chi connectivity index (χ3n) is 4.78. The molecule has 0 spiro atoms. The summed E-state index contributed by atoms with van der Waals surface area (Å²) in [6.45, 7) is 6.40. The van der Waals surface area contributed by atoms with Gasteiger partial charge in [-0.3, -0.25) is 9.59 Å². The number of fused-ring (bicyclic) bond motifs is 1. The second kappa shape index (κ2) is 7.09. The van der Waals surface area contributed by atoms with Crippen LogP contribution in [0.2, 0.25) is 0 Å². The van der Waals surface area contributed by atoms with Gasteiger partial charge in [0.15, 0.2) is 0 Å². The minimum Gasteiger partial charge on any atom is -0.350 e. The number of nitrogens with one attached hydrogen (secondary N) is 1. The van der Waals surface area contributed by atoms with Crippen LogP contribution in [0, 0.1) is 6.92 Å². The van der Waals surface area contributed by atoms with Crippen molar-refractivity contribution >= 4 is 11.8 Å². The Morgan fingerprint density at radius 2 is 1.84 bits per heavy atom. The molecule has 0 aliphatic carbocycles. The lowest BCUT2D eigenvalue weighted by Gasteiger charge is -2.39. The highest BCUT2D eigenvalue weighted by atomic mass is 16.2. The first-order valence-corrected chi connectivity index (χ1v) is 8.70. The Labute approximate surface area is 148 Å². The second-order valence-electron chi connectivity index (χ2n) is 6.82. The van der Waals surface area contributed by atoms with Gasteiger partial charge in [-0.1, -0.05) is 48.5 Å². The molecule has 0 bridgehead atoms. The minimum absolute atomic E-state index is 0.00439. The molecule has 0 saturated heterocycles. The molecule has 2 aromatic carbocycles. The number of aryl methyl sites for hydroxylation is 1. The third kappa shape index (κ3) is 3.43. The van der Waals surface area contributed by atoms with Crippen LogP contribution in [0.3, 0.4) is 0 Å². The summed E-state index contributed by atoms with van der Waals surface area (Å²) in [6, 6.07) is 15.1. The molecule has 1 heterocycles. The van der Waals surface area contributed by atoms with Gasteiger partial charge in [-0.15, -0.1) is 0 Å². The zero-order valence-corrected chi connectivity index (χ0v) is 15.0. The van der Waals surface area contributed by atoms with E-state index < -0.39 is 6.04 Å². The first-order chi connectivity index (χ1) is 12.0. The minimum atomic E-state index is -0.568. The van der Waals surface area contributed by atoms with Gasteiger partial charge < -0.3 is 10.2 Å². The quantitative estimate of drug-likeness (QED) is 0.932. The Morgan fingerprint density at radius 1 is 1.16 bits per heavy atom. The maximum atomic E-state index is 13.0. The van der Waals surface area contributed by atoms with Gasteiger partial charge in [0.25, 0.3) is 0 Å². The molecule has 1 aliphatic rings. The van der Waals surface area contributed by atoms with Crippen molar-refractivity contribution in [2.45, 2.75) is 45.8 Å². The second-order valence-corrected chi connectivity index (χ2v) is 6.82. The molecule has 1 aliphatic heterocycles. The lowest BCUT2D eigenvalue weighted by molar-refractivity contribution is -0.143. The Bertz CT molecular complexity index is 798. The smallest absolute Gasteiger partial charge is 0.247 e. The van der Waals surface area contributed by atoms with Gasteiger partial charge in [0.05, 0.1) is 6.42 Å². The molecule has 4 heteroatoms. The highest BCUT2D eigenvalue weighted by molar-refractivity contribution is 5.92.